The number of nitrogens with two attached hydrogens (primary N) is 1. The topological polar surface area (TPSA) is 264 Å². The maximum absolute atomic E-state index is 14.5. The molecule has 2 amide bonds. The fraction of sp³-hybridized carbons (Fsp3) is 0.700. The van der Waals surface area contributed by atoms with Gasteiger partial charge in [0.1, 0.15) is 22.6 Å². The zero-order chi connectivity index (χ0) is 67.8. The third-order valence-electron chi connectivity index (χ3n) is 17.2. The van der Waals surface area contributed by atoms with Crippen LogP contribution in [0.3, 0.4) is 0 Å². The Kier molecular flexibility index (Phi) is 30.2. The van der Waals surface area contributed by atoms with Crippen LogP contribution in [0.25, 0.3) is 0 Å². The van der Waals surface area contributed by atoms with Gasteiger partial charge in [-0.1, -0.05) is 61.5 Å². The molecule has 93 heavy (non-hydrogen) atoms. The van der Waals surface area contributed by atoms with E-state index < -0.39 is 23.0 Å². The lowest BCUT2D eigenvalue weighted by atomic mass is 9.48. The van der Waals surface area contributed by atoms with Crippen LogP contribution in [0.15, 0.2) is 53.2 Å². The average molecular weight is 1300 g/mol. The standard InChI is InChI=1S/C70H111N9O14/c1-47(2)44-90-63(81)41-77-23-21-76(22-24-78(42-64(82)91-45-48(3)4)26-28-79(27-25-77)43-65(83)92-46-49(5)6)40-62(80)73-20-30-89-32-31-88-29-19-72-55-17-18-58(56(38-55)50(7)8)74-59(66-60(86-12)15-14-16-61(66)87-13)39-57(71)67(84)75-70(68(85)93-69(9,10)11)53-34-51-33-52(36-53)37-54(70)35-51/h14-18,38-39,47-54,72H,19-37,40-46,71H2,1-13H3,(H,73,80)(H,75,84). The number of nitrogens with one attached hydrogen (secondary N) is 3. The summed E-state index contributed by atoms with van der Waals surface area (Å²) in [6.45, 7) is 28.6. The summed E-state index contributed by atoms with van der Waals surface area (Å²) in [6.07, 6.45) is 6.14. The number of rotatable bonds is 33. The summed E-state index contributed by atoms with van der Waals surface area (Å²) < 4.78 is 46.2. The summed E-state index contributed by atoms with van der Waals surface area (Å²) in [4.78, 5) is 94.6. The first-order valence-corrected chi connectivity index (χ1v) is 33.7. The highest BCUT2D eigenvalue weighted by Crippen LogP contribution is 2.59. The number of hydrogen-bond acceptors (Lipinski definition) is 21. The predicted molar refractivity (Wildman–Crippen MR) is 359 cm³/mol. The summed E-state index contributed by atoms with van der Waals surface area (Å²) in [5.74, 6) is 0.325. The molecule has 0 spiro atoms. The van der Waals surface area contributed by atoms with Crippen molar-refractivity contribution in [3.8, 4) is 11.5 Å². The highest BCUT2D eigenvalue weighted by atomic mass is 16.6. The number of allylic oxidation sites excluding steroid dienone is 1. The van der Waals surface area contributed by atoms with Gasteiger partial charge < -0.3 is 59.6 Å². The Morgan fingerprint density at radius 3 is 1.51 bits per heavy atom. The number of benzene rings is 2. The molecule has 2 aromatic rings. The Balaban J connectivity index is 1.03. The Bertz CT molecular complexity index is 2730. The van der Waals surface area contributed by atoms with Crippen LogP contribution in [-0.4, -0.2) is 224 Å². The number of aliphatic imine (C=N–C) groups is 1. The smallest absolute Gasteiger partial charge is 0.332 e. The molecule has 1 saturated heterocycles. The third kappa shape index (κ3) is 24.4. The predicted octanol–water partition coefficient (Wildman–Crippen LogP) is 6.82. The number of anilines is 1. The number of amides is 2. The van der Waals surface area contributed by atoms with Crippen LogP contribution >= 0.6 is 0 Å². The van der Waals surface area contributed by atoms with E-state index in [0.29, 0.717) is 139 Å². The van der Waals surface area contributed by atoms with Gasteiger partial charge in [-0.2, -0.15) is 0 Å². The van der Waals surface area contributed by atoms with Crippen LogP contribution in [-0.2, 0) is 57.2 Å². The van der Waals surface area contributed by atoms with E-state index in [0.717, 1.165) is 36.9 Å². The number of carbonyl (C=O) groups is 6. The van der Waals surface area contributed by atoms with E-state index in [4.69, 9.17) is 48.6 Å². The Hall–Kier alpha value is -6.37. The molecule has 4 bridgehead atoms. The summed E-state index contributed by atoms with van der Waals surface area (Å²) >= 11 is 0. The zero-order valence-electron chi connectivity index (χ0n) is 58.1. The van der Waals surface area contributed by atoms with Gasteiger partial charge in [0.15, 0.2) is 0 Å². The largest absolute Gasteiger partial charge is 0.496 e. The minimum Gasteiger partial charge on any atom is -0.496 e. The second-order valence-electron chi connectivity index (χ2n) is 28.0. The van der Waals surface area contributed by atoms with Crippen LogP contribution < -0.4 is 31.2 Å². The van der Waals surface area contributed by atoms with Crippen molar-refractivity contribution >= 4 is 52.8 Å². The van der Waals surface area contributed by atoms with Crippen molar-refractivity contribution in [2.45, 2.75) is 125 Å². The van der Waals surface area contributed by atoms with Gasteiger partial charge in [0.05, 0.1) is 109 Å². The molecule has 23 heteroatoms. The molecular formula is C70H111N9O14. The fourth-order valence-electron chi connectivity index (χ4n) is 12.8. The number of esters is 4. The second kappa shape index (κ2) is 37.1. The van der Waals surface area contributed by atoms with Gasteiger partial charge in [-0.15, -0.1) is 0 Å². The minimum absolute atomic E-state index is 0.0314. The molecule has 23 nitrogen and oxygen atoms in total. The molecule has 4 aliphatic carbocycles. The van der Waals surface area contributed by atoms with Crippen molar-refractivity contribution in [1.29, 1.82) is 0 Å². The second-order valence-corrected chi connectivity index (χ2v) is 28.0. The van der Waals surface area contributed by atoms with Gasteiger partial charge in [0, 0.05) is 71.1 Å². The SMILES string of the molecule is COc1cccc(OC)c1C(C=C(N)C(=O)NC1(C(=O)OC(C)(C)C)C2CC3CC(C2)CC1C3)=Nc1ccc(NCCOCCOCCNC(=O)CN2CCN(CC(=O)OCC(C)C)CCN(CC(=O)OCC(C)C)CCN(CC(=O)OCC(C)C)CC2)cc1C(C)C. The van der Waals surface area contributed by atoms with Crippen LogP contribution in [0, 0.1) is 41.4 Å². The molecular weight excluding hydrogens is 1190 g/mol. The molecule has 4 saturated carbocycles. The van der Waals surface area contributed by atoms with Crippen LogP contribution in [0.5, 0.6) is 11.5 Å². The van der Waals surface area contributed by atoms with E-state index in [1.807, 2.05) is 106 Å². The zero-order valence-corrected chi connectivity index (χ0v) is 58.1. The Morgan fingerprint density at radius 2 is 1.08 bits per heavy atom. The first-order chi connectivity index (χ1) is 44.2. The van der Waals surface area contributed by atoms with Gasteiger partial charge in [-0.05, 0) is 142 Å². The molecule has 2 aromatic carbocycles. The van der Waals surface area contributed by atoms with E-state index in [2.05, 4.69) is 29.8 Å². The summed E-state index contributed by atoms with van der Waals surface area (Å²) in [5, 5.41) is 9.65. The molecule has 5 N–H and O–H groups in total. The van der Waals surface area contributed by atoms with Gasteiger partial charge >= 0.3 is 23.9 Å². The lowest BCUT2D eigenvalue weighted by molar-refractivity contribution is -0.183. The van der Waals surface area contributed by atoms with Crippen molar-refractivity contribution in [3.63, 3.8) is 0 Å². The normalized spacial score (nSPS) is 21.3. The Labute approximate surface area is 553 Å². The Morgan fingerprint density at radius 1 is 0.624 bits per heavy atom. The van der Waals surface area contributed by atoms with E-state index in [1.54, 1.807) is 26.4 Å². The number of ether oxygens (including phenoxy) is 8. The van der Waals surface area contributed by atoms with E-state index >= 15 is 0 Å². The van der Waals surface area contributed by atoms with Crippen molar-refractivity contribution in [2.75, 3.05) is 157 Å². The molecule has 520 valence electrons. The first kappa shape index (κ1) is 75.7. The van der Waals surface area contributed by atoms with Gasteiger partial charge in [-0.3, -0.25) is 43.6 Å². The number of methoxy groups -OCH3 is 2. The minimum atomic E-state index is -1.19. The summed E-state index contributed by atoms with van der Waals surface area (Å²) in [6, 6.07) is 11.3. The fourth-order valence-corrected chi connectivity index (χ4v) is 12.8. The molecule has 0 radical (unpaired) electrons. The first-order valence-electron chi connectivity index (χ1n) is 33.7. The maximum Gasteiger partial charge on any atom is 0.332 e. The van der Waals surface area contributed by atoms with Crippen molar-refractivity contribution in [2.24, 2.45) is 52.2 Å². The maximum atomic E-state index is 14.5. The monoisotopic (exact) mass is 1300 g/mol. The number of hydrogen-bond donors (Lipinski definition) is 4. The van der Waals surface area contributed by atoms with Crippen molar-refractivity contribution < 1.29 is 66.7 Å². The molecule has 7 rings (SSSR count). The lowest BCUT2D eigenvalue weighted by Gasteiger charge is -2.59. The van der Waals surface area contributed by atoms with Crippen molar-refractivity contribution in [3.05, 3.63) is 59.3 Å². The molecule has 0 atom stereocenters. The van der Waals surface area contributed by atoms with Gasteiger partial charge in [0.25, 0.3) is 5.91 Å². The third-order valence-corrected chi connectivity index (χ3v) is 17.2. The van der Waals surface area contributed by atoms with E-state index in [1.165, 1.54) is 12.5 Å². The highest BCUT2D eigenvalue weighted by molar-refractivity contribution is 6.16. The summed E-state index contributed by atoms with van der Waals surface area (Å²) in [5.41, 5.74) is 8.01. The van der Waals surface area contributed by atoms with Crippen LogP contribution in [0.2, 0.25) is 0 Å². The molecule has 5 aliphatic rings. The molecule has 5 fully saturated rings. The molecule has 1 heterocycles. The number of nitrogens with zero attached hydrogens (tertiary/aromatic N) is 5. The van der Waals surface area contributed by atoms with E-state index in [9.17, 15) is 28.8 Å². The molecule has 0 aromatic heterocycles. The quantitative estimate of drug-likeness (QED) is 0.0188. The van der Waals surface area contributed by atoms with Gasteiger partial charge in [-0.25, -0.2) is 9.79 Å². The molecule has 1 aliphatic heterocycles. The van der Waals surface area contributed by atoms with E-state index in [-0.39, 0.29) is 104 Å². The molecule has 0 unspecified atom stereocenters. The van der Waals surface area contributed by atoms with Gasteiger partial charge in [0.2, 0.25) is 5.91 Å². The van der Waals surface area contributed by atoms with Crippen LogP contribution in [0.4, 0.5) is 11.4 Å². The lowest BCUT2D eigenvalue weighted by Crippen LogP contribution is -2.71. The highest BCUT2D eigenvalue weighted by Gasteiger charge is 2.63. The number of carbonyl (C=O) groups excluding carboxylic acids is 6. The summed E-state index contributed by atoms with van der Waals surface area (Å²) in [7, 11) is 3.12. The average Bonchev–Trinajstić information content (AvgIpc) is 0.718. The van der Waals surface area contributed by atoms with Crippen molar-refractivity contribution in [1.82, 2.24) is 30.2 Å². The van der Waals surface area contributed by atoms with Crippen LogP contribution in [0.1, 0.15) is 125 Å².